The first-order chi connectivity index (χ1) is 7.24. The monoisotopic (exact) mass is 227 g/mol. The van der Waals surface area contributed by atoms with Gasteiger partial charge in [-0.2, -0.15) is 0 Å². The fraction of sp³-hybridized carbons (Fsp3) is 0.400. The topological polar surface area (TPSA) is 38.7 Å². The van der Waals surface area contributed by atoms with Gasteiger partial charge >= 0.3 is 7.69 Å². The SMILES string of the molecule is CC(OCc1ccccc1)C(Cl)O[B]O. The molecule has 1 rings (SSSR count). The molecular weight excluding hydrogens is 214 g/mol. The number of benzene rings is 1. The Bertz CT molecular complexity index is 271. The summed E-state index contributed by atoms with van der Waals surface area (Å²) in [4.78, 5) is 0. The second-order valence-electron chi connectivity index (χ2n) is 3.09. The number of hydrogen-bond donors (Lipinski definition) is 1. The van der Waals surface area contributed by atoms with E-state index < -0.39 is 5.56 Å². The van der Waals surface area contributed by atoms with Gasteiger partial charge in [-0.25, -0.2) is 0 Å². The van der Waals surface area contributed by atoms with Crippen LogP contribution in [-0.4, -0.2) is 24.4 Å². The molecule has 0 aliphatic heterocycles. The normalized spacial score (nSPS) is 14.6. The maximum absolute atomic E-state index is 8.38. The van der Waals surface area contributed by atoms with Crippen molar-refractivity contribution in [2.75, 3.05) is 0 Å². The van der Waals surface area contributed by atoms with E-state index in [4.69, 9.17) is 21.4 Å². The van der Waals surface area contributed by atoms with Gasteiger partial charge in [0.1, 0.15) is 5.56 Å². The van der Waals surface area contributed by atoms with Crippen LogP contribution in [0, 0.1) is 0 Å². The molecule has 2 unspecified atom stereocenters. The lowest BCUT2D eigenvalue weighted by atomic mass is 10.2. The van der Waals surface area contributed by atoms with E-state index in [1.165, 1.54) is 0 Å². The van der Waals surface area contributed by atoms with Crippen LogP contribution in [0.25, 0.3) is 0 Å². The number of alkyl halides is 1. The van der Waals surface area contributed by atoms with E-state index in [1.807, 2.05) is 30.3 Å². The van der Waals surface area contributed by atoms with Crippen molar-refractivity contribution in [2.24, 2.45) is 0 Å². The molecule has 0 bridgehead atoms. The summed E-state index contributed by atoms with van der Waals surface area (Å²) in [6.07, 6.45) is -0.296. The van der Waals surface area contributed by atoms with Gasteiger partial charge in [0.15, 0.2) is 0 Å². The summed E-state index contributed by atoms with van der Waals surface area (Å²) >= 11 is 5.76. The van der Waals surface area contributed by atoms with Crippen molar-refractivity contribution >= 4 is 19.3 Å². The van der Waals surface area contributed by atoms with E-state index in [0.717, 1.165) is 5.56 Å². The number of halogens is 1. The number of hydrogen-bond acceptors (Lipinski definition) is 3. The average molecular weight is 227 g/mol. The summed E-state index contributed by atoms with van der Waals surface area (Å²) in [5.74, 6) is 0. The first kappa shape index (κ1) is 12.5. The molecule has 1 radical (unpaired) electrons. The van der Waals surface area contributed by atoms with Crippen molar-refractivity contribution in [3.05, 3.63) is 35.9 Å². The second-order valence-corrected chi connectivity index (χ2v) is 3.52. The van der Waals surface area contributed by atoms with Crippen LogP contribution >= 0.6 is 11.6 Å². The van der Waals surface area contributed by atoms with Crippen LogP contribution in [0.3, 0.4) is 0 Å². The summed E-state index contributed by atoms with van der Waals surface area (Å²) in [5.41, 5.74) is 0.389. The van der Waals surface area contributed by atoms with Crippen molar-refractivity contribution in [3.8, 4) is 0 Å². The molecular formula is C10H13BClO3. The smallest absolute Gasteiger partial charge is 0.429 e. The van der Waals surface area contributed by atoms with Gasteiger partial charge < -0.3 is 14.4 Å². The van der Waals surface area contributed by atoms with E-state index in [-0.39, 0.29) is 6.10 Å². The molecule has 0 spiro atoms. The van der Waals surface area contributed by atoms with Crippen LogP contribution in [0.2, 0.25) is 0 Å². The average Bonchev–Trinajstić information content (AvgIpc) is 2.27. The molecule has 0 fully saturated rings. The molecule has 0 saturated heterocycles. The van der Waals surface area contributed by atoms with Gasteiger partial charge in [0.25, 0.3) is 0 Å². The molecule has 0 aliphatic rings. The predicted octanol–water partition coefficient (Wildman–Crippen LogP) is 1.70. The lowest BCUT2D eigenvalue weighted by Gasteiger charge is -2.18. The first-order valence-corrected chi connectivity index (χ1v) is 5.08. The van der Waals surface area contributed by atoms with Crippen LogP contribution in [-0.2, 0) is 16.0 Å². The number of rotatable bonds is 6. The van der Waals surface area contributed by atoms with Gasteiger partial charge in [0, 0.05) is 0 Å². The molecule has 81 valence electrons. The second kappa shape index (κ2) is 6.85. The minimum Gasteiger partial charge on any atom is -0.429 e. The van der Waals surface area contributed by atoms with Crippen molar-refractivity contribution < 1.29 is 14.4 Å². The van der Waals surface area contributed by atoms with E-state index in [1.54, 1.807) is 6.92 Å². The molecule has 0 amide bonds. The first-order valence-electron chi connectivity index (χ1n) is 4.65. The molecule has 5 heteroatoms. The fourth-order valence-corrected chi connectivity index (χ4v) is 1.17. The third-order valence-electron chi connectivity index (χ3n) is 1.92. The minimum atomic E-state index is -0.682. The van der Waals surface area contributed by atoms with Gasteiger partial charge in [-0.05, 0) is 12.5 Å². The zero-order chi connectivity index (χ0) is 11.1. The molecule has 0 aromatic heterocycles. The fourth-order valence-electron chi connectivity index (χ4n) is 1.05. The summed E-state index contributed by atoms with van der Waals surface area (Å²) in [6.45, 7) is 2.25. The van der Waals surface area contributed by atoms with Gasteiger partial charge in [0.05, 0.1) is 12.7 Å². The molecule has 1 aromatic carbocycles. The van der Waals surface area contributed by atoms with Gasteiger partial charge in [0.2, 0.25) is 0 Å². The Hall–Kier alpha value is -0.545. The molecule has 0 aliphatic carbocycles. The van der Waals surface area contributed by atoms with E-state index in [9.17, 15) is 0 Å². The summed E-state index contributed by atoms with van der Waals surface area (Å²) in [7, 11) is 0.569. The zero-order valence-corrected chi connectivity index (χ0v) is 9.22. The molecule has 15 heavy (non-hydrogen) atoms. The van der Waals surface area contributed by atoms with Crippen LogP contribution in [0.15, 0.2) is 30.3 Å². The molecule has 0 heterocycles. The molecule has 1 N–H and O–H groups in total. The molecule has 1 aromatic rings. The highest BCUT2D eigenvalue weighted by atomic mass is 35.5. The zero-order valence-electron chi connectivity index (χ0n) is 8.47. The molecule has 0 saturated carbocycles. The summed E-state index contributed by atoms with van der Waals surface area (Å²) in [6, 6.07) is 9.77. The van der Waals surface area contributed by atoms with Crippen LogP contribution in [0.1, 0.15) is 12.5 Å². The third-order valence-corrected chi connectivity index (χ3v) is 2.37. The van der Waals surface area contributed by atoms with Crippen molar-refractivity contribution in [2.45, 2.75) is 25.2 Å². The summed E-state index contributed by atoms with van der Waals surface area (Å²) < 4.78 is 10.1. The summed E-state index contributed by atoms with van der Waals surface area (Å²) in [5, 5.41) is 8.38. The Morgan fingerprint density at radius 3 is 2.67 bits per heavy atom. The minimum absolute atomic E-state index is 0.296. The van der Waals surface area contributed by atoms with E-state index in [2.05, 4.69) is 4.65 Å². The van der Waals surface area contributed by atoms with Crippen LogP contribution in [0.5, 0.6) is 0 Å². The highest BCUT2D eigenvalue weighted by Gasteiger charge is 2.15. The lowest BCUT2D eigenvalue weighted by molar-refractivity contribution is 0.00314. The van der Waals surface area contributed by atoms with Gasteiger partial charge in [-0.15, -0.1) is 0 Å². The number of ether oxygens (including phenoxy) is 1. The Morgan fingerprint density at radius 2 is 2.07 bits per heavy atom. The Kier molecular flexibility index (Phi) is 5.72. The van der Waals surface area contributed by atoms with Gasteiger partial charge in [-0.1, -0.05) is 41.9 Å². The largest absolute Gasteiger partial charge is 0.486 e. The van der Waals surface area contributed by atoms with E-state index >= 15 is 0 Å². The molecule has 2 atom stereocenters. The predicted molar refractivity (Wildman–Crippen MR) is 59.4 cm³/mol. The standard InChI is InChI=1S/C10H13BClO3/c1-8(10(12)15-11-13)14-7-9-5-3-2-4-6-9/h2-6,8,10,13H,7H2,1H3. The lowest BCUT2D eigenvalue weighted by Crippen LogP contribution is -2.25. The Morgan fingerprint density at radius 1 is 1.40 bits per heavy atom. The van der Waals surface area contributed by atoms with Crippen molar-refractivity contribution in [3.63, 3.8) is 0 Å². The maximum atomic E-state index is 8.38. The highest BCUT2D eigenvalue weighted by molar-refractivity contribution is 6.24. The van der Waals surface area contributed by atoms with Crippen molar-refractivity contribution in [1.29, 1.82) is 0 Å². The third kappa shape index (κ3) is 4.66. The quantitative estimate of drug-likeness (QED) is 0.594. The maximum Gasteiger partial charge on any atom is 0.486 e. The highest BCUT2D eigenvalue weighted by Crippen LogP contribution is 2.10. The van der Waals surface area contributed by atoms with Crippen molar-refractivity contribution in [1.82, 2.24) is 0 Å². The van der Waals surface area contributed by atoms with E-state index in [0.29, 0.717) is 14.3 Å². The van der Waals surface area contributed by atoms with Crippen LogP contribution < -0.4 is 0 Å². The van der Waals surface area contributed by atoms with Gasteiger partial charge in [-0.3, -0.25) is 0 Å². The molecule has 3 nitrogen and oxygen atoms in total. The Balaban J connectivity index is 2.31. The Labute approximate surface area is 95.3 Å². The van der Waals surface area contributed by atoms with Crippen LogP contribution in [0.4, 0.5) is 0 Å².